The minimum atomic E-state index is -0.692. The second-order valence-corrected chi connectivity index (χ2v) is 7.39. The van der Waals surface area contributed by atoms with Crippen LogP contribution in [-0.4, -0.2) is 22.8 Å². The lowest BCUT2D eigenvalue weighted by Crippen LogP contribution is -2.40. The lowest BCUT2D eigenvalue weighted by atomic mass is 9.85. The van der Waals surface area contributed by atoms with E-state index in [0.29, 0.717) is 10.7 Å². The second-order valence-electron chi connectivity index (χ2n) is 6.95. The topological polar surface area (TPSA) is 64.4 Å². The van der Waals surface area contributed by atoms with Gasteiger partial charge in [0.05, 0.1) is 29.6 Å². The Bertz CT molecular complexity index is 1060. The maximum Gasteiger partial charge on any atom is 0.240 e. The third-order valence-corrected chi connectivity index (χ3v) is 5.90. The van der Waals surface area contributed by atoms with Gasteiger partial charge in [0.25, 0.3) is 0 Å². The molecule has 132 valence electrons. The smallest absolute Gasteiger partial charge is 0.240 e. The first-order chi connectivity index (χ1) is 13.1. The Labute approximate surface area is 161 Å². The molecule has 3 heterocycles. The highest BCUT2D eigenvalue weighted by Crippen LogP contribution is 2.52. The van der Waals surface area contributed by atoms with Crippen LogP contribution < -0.4 is 4.90 Å². The van der Waals surface area contributed by atoms with Crippen molar-refractivity contribution in [2.24, 2.45) is 11.8 Å². The second kappa shape index (κ2) is 5.70. The van der Waals surface area contributed by atoms with Gasteiger partial charge in [-0.2, -0.15) is 5.26 Å². The molecular weight excluding hydrogens is 362 g/mol. The van der Waals surface area contributed by atoms with Crippen molar-refractivity contribution in [2.45, 2.75) is 12.1 Å². The minimum absolute atomic E-state index is 0.273. The summed E-state index contributed by atoms with van der Waals surface area (Å²) < 4.78 is 0. The molecule has 3 aliphatic heterocycles. The van der Waals surface area contributed by atoms with Crippen LogP contribution in [0.5, 0.6) is 0 Å². The first-order valence-electron chi connectivity index (χ1n) is 8.69. The van der Waals surface area contributed by atoms with E-state index in [9.17, 15) is 14.9 Å². The summed E-state index contributed by atoms with van der Waals surface area (Å²) >= 11 is 6.05. The number of hydrogen-bond acceptors (Lipinski definition) is 4. The molecule has 4 atom stereocenters. The molecule has 5 rings (SSSR count). The molecule has 0 saturated carbocycles. The van der Waals surface area contributed by atoms with E-state index in [1.807, 2.05) is 41.4 Å². The number of imide groups is 1. The summed E-state index contributed by atoms with van der Waals surface area (Å²) in [7, 11) is 0. The van der Waals surface area contributed by atoms with Gasteiger partial charge in [-0.3, -0.25) is 9.59 Å². The zero-order valence-corrected chi connectivity index (χ0v) is 14.9. The summed E-state index contributed by atoms with van der Waals surface area (Å²) in [5.41, 5.74) is 2.44. The average molecular weight is 376 g/mol. The lowest BCUT2D eigenvalue weighted by Gasteiger charge is -2.33. The van der Waals surface area contributed by atoms with E-state index in [1.165, 1.54) is 4.90 Å². The van der Waals surface area contributed by atoms with Gasteiger partial charge in [0.15, 0.2) is 0 Å². The zero-order chi connectivity index (χ0) is 18.7. The highest BCUT2D eigenvalue weighted by molar-refractivity contribution is 6.31. The Morgan fingerprint density at radius 2 is 1.78 bits per heavy atom. The number of nitriles is 1. The standard InChI is InChI=1S/C21H14ClN3O2/c22-13-5-3-6-14(10-13)25-20(26)17-16(11-23)24-9-8-12-4-1-2-7-15(12)19(24)18(17)21(25)27/h1-10,16-19H/t16-,17+,18+,19?/m1/s1. The average Bonchev–Trinajstić information content (AvgIpc) is 3.14. The van der Waals surface area contributed by atoms with Gasteiger partial charge in [0.2, 0.25) is 11.8 Å². The number of fused-ring (bicyclic) bond motifs is 5. The van der Waals surface area contributed by atoms with E-state index in [1.54, 1.807) is 24.3 Å². The van der Waals surface area contributed by atoms with Crippen LogP contribution in [0.25, 0.3) is 6.08 Å². The van der Waals surface area contributed by atoms with Gasteiger partial charge in [0, 0.05) is 11.2 Å². The largest absolute Gasteiger partial charge is 0.353 e. The molecule has 6 heteroatoms. The molecule has 0 aliphatic carbocycles. The number of anilines is 1. The number of carbonyl (C=O) groups excluding carboxylic acids is 2. The summed E-state index contributed by atoms with van der Waals surface area (Å²) in [6.07, 6.45) is 3.77. The number of hydrogen-bond donors (Lipinski definition) is 0. The highest BCUT2D eigenvalue weighted by Gasteiger charge is 2.63. The first kappa shape index (κ1) is 16.1. The van der Waals surface area contributed by atoms with Crippen molar-refractivity contribution >= 4 is 35.2 Å². The fraction of sp³-hybridized carbons (Fsp3) is 0.190. The number of amides is 2. The van der Waals surface area contributed by atoms with Gasteiger partial charge in [0.1, 0.15) is 6.04 Å². The number of carbonyl (C=O) groups is 2. The quantitative estimate of drug-likeness (QED) is 0.717. The SMILES string of the molecule is N#C[C@@H]1[C@@H]2C(=O)N(c3cccc(Cl)c3)C(=O)[C@@H]2C2c3ccccc3C=CN21. The normalized spacial score (nSPS) is 28.0. The van der Waals surface area contributed by atoms with Crippen molar-refractivity contribution in [1.82, 2.24) is 4.90 Å². The van der Waals surface area contributed by atoms with Gasteiger partial charge < -0.3 is 4.90 Å². The Balaban J connectivity index is 1.65. The minimum Gasteiger partial charge on any atom is -0.353 e. The molecule has 0 aromatic heterocycles. The Hall–Kier alpha value is -3.10. The van der Waals surface area contributed by atoms with E-state index in [0.717, 1.165) is 11.1 Å². The fourth-order valence-electron chi connectivity index (χ4n) is 4.58. The number of benzene rings is 2. The van der Waals surface area contributed by atoms with Crippen molar-refractivity contribution in [3.8, 4) is 6.07 Å². The van der Waals surface area contributed by atoms with E-state index < -0.39 is 17.9 Å². The van der Waals surface area contributed by atoms with Gasteiger partial charge in [-0.15, -0.1) is 0 Å². The molecule has 2 aromatic rings. The summed E-state index contributed by atoms with van der Waals surface area (Å²) in [6.45, 7) is 0. The van der Waals surface area contributed by atoms with Gasteiger partial charge in [-0.05, 0) is 35.4 Å². The Kier molecular flexibility index (Phi) is 3.40. The maximum absolute atomic E-state index is 13.3. The summed E-state index contributed by atoms with van der Waals surface area (Å²) in [4.78, 5) is 29.6. The van der Waals surface area contributed by atoms with Crippen molar-refractivity contribution in [2.75, 3.05) is 4.90 Å². The van der Waals surface area contributed by atoms with Crippen LogP contribution in [0.4, 0.5) is 5.69 Å². The van der Waals surface area contributed by atoms with Gasteiger partial charge >= 0.3 is 0 Å². The molecule has 2 amide bonds. The lowest BCUT2D eigenvalue weighted by molar-refractivity contribution is -0.123. The molecule has 2 fully saturated rings. The Morgan fingerprint density at radius 1 is 1.00 bits per heavy atom. The number of halogens is 1. The van der Waals surface area contributed by atoms with Crippen LogP contribution >= 0.6 is 11.6 Å². The molecule has 5 nitrogen and oxygen atoms in total. The van der Waals surface area contributed by atoms with E-state index in [-0.39, 0.29) is 17.9 Å². The third-order valence-electron chi connectivity index (χ3n) is 5.66. The molecule has 0 N–H and O–H groups in total. The predicted molar refractivity (Wildman–Crippen MR) is 100 cm³/mol. The van der Waals surface area contributed by atoms with Gasteiger partial charge in [-0.25, -0.2) is 4.90 Å². The fourth-order valence-corrected chi connectivity index (χ4v) is 4.76. The highest BCUT2D eigenvalue weighted by atomic mass is 35.5. The van der Waals surface area contributed by atoms with Crippen LogP contribution in [0, 0.1) is 23.2 Å². The van der Waals surface area contributed by atoms with Crippen molar-refractivity contribution in [1.29, 1.82) is 5.26 Å². The van der Waals surface area contributed by atoms with Gasteiger partial charge in [-0.1, -0.05) is 41.9 Å². The molecule has 3 aliphatic rings. The number of nitrogens with zero attached hydrogens (tertiary/aromatic N) is 3. The molecule has 0 bridgehead atoms. The van der Waals surface area contributed by atoms with E-state index in [4.69, 9.17) is 11.6 Å². The molecule has 2 saturated heterocycles. The van der Waals surface area contributed by atoms with Crippen LogP contribution in [-0.2, 0) is 9.59 Å². The van der Waals surface area contributed by atoms with Crippen LogP contribution in [0.1, 0.15) is 17.2 Å². The van der Waals surface area contributed by atoms with Crippen molar-refractivity contribution in [3.63, 3.8) is 0 Å². The van der Waals surface area contributed by atoms with Crippen LogP contribution in [0.2, 0.25) is 5.02 Å². The summed E-state index contributed by atoms with van der Waals surface area (Å²) in [5.74, 6) is -1.89. The van der Waals surface area contributed by atoms with Crippen LogP contribution in [0.3, 0.4) is 0 Å². The number of rotatable bonds is 1. The molecule has 0 spiro atoms. The van der Waals surface area contributed by atoms with Crippen molar-refractivity contribution < 1.29 is 9.59 Å². The molecule has 0 radical (unpaired) electrons. The maximum atomic E-state index is 13.3. The summed E-state index contributed by atoms with van der Waals surface area (Å²) in [6, 6.07) is 15.8. The first-order valence-corrected chi connectivity index (χ1v) is 9.07. The third kappa shape index (κ3) is 2.11. The zero-order valence-electron chi connectivity index (χ0n) is 14.1. The Morgan fingerprint density at radius 3 is 2.56 bits per heavy atom. The predicted octanol–water partition coefficient (Wildman–Crippen LogP) is 3.38. The molecule has 1 unspecified atom stereocenters. The molecular formula is C21H14ClN3O2. The monoisotopic (exact) mass is 375 g/mol. The summed E-state index contributed by atoms with van der Waals surface area (Å²) in [5, 5.41) is 10.2. The van der Waals surface area contributed by atoms with Crippen molar-refractivity contribution in [3.05, 3.63) is 70.9 Å². The van der Waals surface area contributed by atoms with E-state index in [2.05, 4.69) is 6.07 Å². The molecule has 27 heavy (non-hydrogen) atoms. The van der Waals surface area contributed by atoms with E-state index >= 15 is 0 Å². The molecule has 2 aromatic carbocycles. The van der Waals surface area contributed by atoms with Crippen LogP contribution in [0.15, 0.2) is 54.7 Å².